The molecule has 4 saturated carbocycles. The fraction of sp³-hybridized carbons (Fsp3) is 0.867. The number of imide groups is 2. The van der Waals surface area contributed by atoms with Gasteiger partial charge in [0.1, 0.15) is 18.4 Å². The monoisotopic (exact) mass is 940 g/mol. The second kappa shape index (κ2) is 15.5. The van der Waals surface area contributed by atoms with E-state index < -0.39 is 162 Å². The van der Waals surface area contributed by atoms with Gasteiger partial charge in [0, 0.05) is 13.0 Å². The van der Waals surface area contributed by atoms with E-state index in [1.165, 1.54) is 7.05 Å². The fourth-order valence-electron chi connectivity index (χ4n) is 8.39. The lowest BCUT2D eigenvalue weighted by Gasteiger charge is -2.49. The first-order valence-electron chi connectivity index (χ1n) is 16.1. The summed E-state index contributed by atoms with van der Waals surface area (Å²) in [6.07, 6.45) is -15.6. The summed E-state index contributed by atoms with van der Waals surface area (Å²) in [7, 11) is 1.31. The van der Waals surface area contributed by atoms with Crippen molar-refractivity contribution in [1.82, 2.24) is 9.80 Å². The number of carbonyl (C=O) groups is 4. The van der Waals surface area contributed by atoms with Crippen LogP contribution in [0.1, 0.15) is 6.92 Å². The van der Waals surface area contributed by atoms with Gasteiger partial charge in [-0.1, -0.05) is 6.92 Å². The number of fused-ring (bicyclic) bond motifs is 2. The summed E-state index contributed by atoms with van der Waals surface area (Å²) >= 11 is 67.1. The van der Waals surface area contributed by atoms with E-state index in [9.17, 15) is 28.0 Å². The maximum atomic E-state index is 15.3. The molecule has 52 heavy (non-hydrogen) atoms. The van der Waals surface area contributed by atoms with Gasteiger partial charge in [-0.3, -0.25) is 29.0 Å². The number of amides is 4. The van der Waals surface area contributed by atoms with Crippen LogP contribution < -0.4 is 0 Å². The van der Waals surface area contributed by atoms with Crippen LogP contribution >= 0.6 is 116 Å². The average Bonchev–Trinajstić information content (AvgIpc) is 3.50. The van der Waals surface area contributed by atoms with Gasteiger partial charge < -0.3 is 9.47 Å². The van der Waals surface area contributed by atoms with Gasteiger partial charge in [-0.05, 0) is 0 Å². The Hall–Kier alpha value is 0.820. The minimum Gasteiger partial charge on any atom is -0.369 e. The summed E-state index contributed by atoms with van der Waals surface area (Å²) in [5.74, 6) is -10.1. The lowest BCUT2D eigenvalue weighted by molar-refractivity contribution is -0.155. The molecule has 2 aliphatic heterocycles. The topological polar surface area (TPSA) is 93.2 Å². The molecule has 2 heterocycles. The summed E-state index contributed by atoms with van der Waals surface area (Å²) in [4.78, 5) is 54.0. The van der Waals surface area contributed by atoms with Crippen molar-refractivity contribution in [3.8, 4) is 0 Å². The molecule has 0 aromatic rings. The number of carbonyl (C=O) groups excluding carboxylic acids is 4. The van der Waals surface area contributed by atoms with Gasteiger partial charge >= 0.3 is 0 Å². The quantitative estimate of drug-likeness (QED) is 0.197. The summed E-state index contributed by atoms with van der Waals surface area (Å²) in [5.41, 5.74) is 0. The number of nitrogens with zero attached hydrogens (tertiary/aromatic N) is 2. The molecule has 6 rings (SSSR count). The summed E-state index contributed by atoms with van der Waals surface area (Å²) in [5, 5.41) is -12.4. The smallest absolute Gasteiger partial charge is 0.235 e. The van der Waals surface area contributed by atoms with E-state index in [1.54, 1.807) is 0 Å². The minimum absolute atomic E-state index is 0.247. The molecule has 0 bridgehead atoms. The number of ether oxygens (including phenoxy) is 2. The molecule has 4 amide bonds. The highest BCUT2D eigenvalue weighted by molar-refractivity contribution is 6.37. The van der Waals surface area contributed by atoms with Crippen molar-refractivity contribution in [3.63, 3.8) is 0 Å². The van der Waals surface area contributed by atoms with E-state index in [2.05, 4.69) is 0 Å². The predicted octanol–water partition coefficient (Wildman–Crippen LogP) is 5.81. The Kier molecular flexibility index (Phi) is 12.7. The average molecular weight is 945 g/mol. The normalized spacial score (nSPS) is 55.5. The standard InChI is InChI=1S/C30H30Cl10F4N2O6/c1-3-18(41)20(43)21(44)22(19(3)42)46-29(49)5-7(30(46)50)11(34)24(13(36)9(5)32)52-26-16(39)14(37)25(15(38)17(26)40)51-23-10(33)6-4(8(31)12(23)35)27(47)45(2)28(6)48/h3-26H,1-2H3. The number of hydrogen-bond acceptors (Lipinski definition) is 6. The van der Waals surface area contributed by atoms with E-state index in [4.69, 9.17) is 125 Å². The minimum atomic E-state index is -2.86. The van der Waals surface area contributed by atoms with Crippen molar-refractivity contribution >= 4 is 140 Å². The first-order valence-corrected chi connectivity index (χ1v) is 20.5. The Morgan fingerprint density at radius 1 is 0.442 bits per heavy atom. The molecule has 8 nitrogen and oxygen atoms in total. The molecule has 0 aromatic carbocycles. The van der Waals surface area contributed by atoms with Crippen molar-refractivity contribution in [3.05, 3.63) is 0 Å². The molecule has 0 aromatic heterocycles. The molecule has 6 fully saturated rings. The molecule has 0 spiro atoms. The van der Waals surface area contributed by atoms with Gasteiger partial charge in [0.2, 0.25) is 23.6 Å². The molecule has 6 aliphatic rings. The number of halogens is 14. The molecule has 0 N–H and O–H groups in total. The number of alkyl halides is 14. The van der Waals surface area contributed by atoms with Crippen LogP contribution in [0.5, 0.6) is 0 Å². The van der Waals surface area contributed by atoms with Crippen molar-refractivity contribution < 1.29 is 46.2 Å². The van der Waals surface area contributed by atoms with Gasteiger partial charge in [0.05, 0.1) is 102 Å². The van der Waals surface area contributed by atoms with Crippen molar-refractivity contribution in [2.45, 2.75) is 116 Å². The van der Waals surface area contributed by atoms with Crippen LogP contribution in [0.2, 0.25) is 0 Å². The van der Waals surface area contributed by atoms with Gasteiger partial charge in [0.25, 0.3) is 0 Å². The molecular weight excluding hydrogens is 915 g/mol. The molecule has 2 saturated heterocycles. The number of hydrogen-bond donors (Lipinski definition) is 0. The van der Waals surface area contributed by atoms with Crippen LogP contribution in [0.3, 0.4) is 0 Å². The highest BCUT2D eigenvalue weighted by Crippen LogP contribution is 2.51. The maximum absolute atomic E-state index is 15.3. The van der Waals surface area contributed by atoms with E-state index in [1.807, 2.05) is 0 Å². The molecule has 0 radical (unpaired) electrons. The van der Waals surface area contributed by atoms with Crippen LogP contribution in [0, 0.1) is 29.6 Å². The second-order valence-electron chi connectivity index (χ2n) is 14.1. The molecule has 4 aliphatic carbocycles. The Morgan fingerprint density at radius 3 is 1.15 bits per heavy atom. The van der Waals surface area contributed by atoms with Crippen LogP contribution in [0.4, 0.5) is 17.6 Å². The third-order valence-corrected chi connectivity index (χ3v) is 17.1. The van der Waals surface area contributed by atoms with Crippen LogP contribution in [-0.4, -0.2) is 149 Å². The van der Waals surface area contributed by atoms with Gasteiger partial charge in [-0.15, -0.1) is 116 Å². The third kappa shape index (κ3) is 6.36. The lowest BCUT2D eigenvalue weighted by Crippen LogP contribution is -2.64. The first-order chi connectivity index (χ1) is 24.2. The molecule has 294 valence electrons. The first kappa shape index (κ1) is 42.4. The van der Waals surface area contributed by atoms with Gasteiger partial charge in [0.15, 0.2) is 12.3 Å². The van der Waals surface area contributed by atoms with Crippen molar-refractivity contribution in [2.24, 2.45) is 29.6 Å². The van der Waals surface area contributed by atoms with Crippen LogP contribution in [0.15, 0.2) is 0 Å². The molecule has 22 atom stereocenters. The zero-order chi connectivity index (χ0) is 38.7. The molecule has 22 unspecified atom stereocenters. The zero-order valence-corrected chi connectivity index (χ0v) is 34.1. The predicted molar refractivity (Wildman–Crippen MR) is 190 cm³/mol. The van der Waals surface area contributed by atoms with E-state index in [-0.39, 0.29) is 4.90 Å². The third-order valence-electron chi connectivity index (χ3n) is 11.3. The summed E-state index contributed by atoms with van der Waals surface area (Å²) in [6.45, 7) is 1.00. The Labute approximate surface area is 345 Å². The largest absolute Gasteiger partial charge is 0.369 e. The Bertz CT molecular complexity index is 1440. The summed E-state index contributed by atoms with van der Waals surface area (Å²) < 4.78 is 71.7. The van der Waals surface area contributed by atoms with Crippen LogP contribution in [0.25, 0.3) is 0 Å². The van der Waals surface area contributed by atoms with Gasteiger partial charge in [-0.2, -0.15) is 0 Å². The van der Waals surface area contributed by atoms with Crippen molar-refractivity contribution in [2.75, 3.05) is 7.05 Å². The van der Waals surface area contributed by atoms with E-state index >= 15 is 8.78 Å². The van der Waals surface area contributed by atoms with E-state index in [0.29, 0.717) is 0 Å². The molecule has 22 heteroatoms. The highest BCUT2D eigenvalue weighted by Gasteiger charge is 2.67. The van der Waals surface area contributed by atoms with E-state index in [0.717, 1.165) is 11.8 Å². The fourth-order valence-corrected chi connectivity index (χ4v) is 12.6. The number of rotatable bonds is 5. The molecular formula is C30H30Cl10F4N2O6. The Morgan fingerprint density at radius 2 is 0.750 bits per heavy atom. The maximum Gasteiger partial charge on any atom is 0.235 e. The van der Waals surface area contributed by atoms with Gasteiger partial charge in [-0.25, -0.2) is 17.6 Å². The lowest BCUT2D eigenvalue weighted by atomic mass is 9.77. The second-order valence-corrected chi connectivity index (χ2v) is 19.1. The van der Waals surface area contributed by atoms with Crippen molar-refractivity contribution in [1.29, 1.82) is 0 Å². The highest BCUT2D eigenvalue weighted by atomic mass is 35.5. The Balaban J connectivity index is 1.20. The zero-order valence-electron chi connectivity index (χ0n) is 26.5. The summed E-state index contributed by atoms with van der Waals surface area (Å²) in [6, 6.07) is -2.27. The number of likely N-dealkylation sites (tertiary alicyclic amines) is 2. The SMILES string of the molecule is CC1C(F)C(F)C(F)C(N2C(=O)C3C(Cl)C(Cl)C(OC4C(Cl)C(Cl)C(OC5C(Cl)C(Cl)C6C(=O)N(C)C(=O)C6C5Cl)C(Cl)C4Cl)C(Cl)C3C2=O)C1F. The van der Waals surface area contributed by atoms with Crippen LogP contribution in [-0.2, 0) is 28.7 Å².